The van der Waals surface area contributed by atoms with E-state index >= 15 is 0 Å². The molecule has 2 heterocycles. The molecule has 1 N–H and O–H groups in total. The number of alkyl carbamates (subject to hydrolysis) is 1. The van der Waals surface area contributed by atoms with Crippen LogP contribution in [0.4, 0.5) is 21.0 Å². The van der Waals surface area contributed by atoms with E-state index in [4.69, 9.17) is 9.47 Å². The third-order valence-electron chi connectivity index (χ3n) is 5.83. The smallest absolute Gasteiger partial charge is 0.410 e. The van der Waals surface area contributed by atoms with Crippen molar-refractivity contribution in [1.82, 2.24) is 15.2 Å². The Morgan fingerprint density at radius 2 is 1.56 bits per heavy atom. The Balaban J connectivity index is 1.27. The predicted molar refractivity (Wildman–Crippen MR) is 142 cm³/mol. The molecule has 2 aromatic carbocycles. The lowest BCUT2D eigenvalue weighted by molar-refractivity contribution is -0.385. The molecular formula is C24H23N5O8S2. The summed E-state index contributed by atoms with van der Waals surface area (Å²) < 4.78 is 10.6. The summed E-state index contributed by atoms with van der Waals surface area (Å²) in [6.45, 7) is 0.402. The predicted octanol–water partition coefficient (Wildman–Crippen LogP) is 4.77. The Kier molecular flexibility index (Phi) is 8.93. The number of aromatic nitrogens is 1. The maximum atomic E-state index is 12.8. The van der Waals surface area contributed by atoms with E-state index in [2.05, 4.69) is 22.9 Å². The summed E-state index contributed by atoms with van der Waals surface area (Å²) in [7, 11) is 0. The number of rotatable bonds is 9. The molecule has 0 aliphatic carbocycles. The highest BCUT2D eigenvalue weighted by Crippen LogP contribution is 2.35. The molecule has 15 heteroatoms. The number of hydrogen-bond acceptors (Lipinski definition) is 11. The maximum absolute atomic E-state index is 12.8. The standard InChI is InChI=1S/C24H23N5O8S2/c30-23(36-12-15-1-5-17(6-2-15)28(32)33)25-10-22-26-20(14-39-22)21-9-19(38)11-27(21)24(31)37-13-16-3-7-18(8-4-16)29(34)35/h1-8,14,19,21,38H,9-13H2,(H,25,30)/t19-,21-/m0/s1. The molecule has 13 nitrogen and oxygen atoms in total. The van der Waals surface area contributed by atoms with Gasteiger partial charge in [-0.25, -0.2) is 14.6 Å². The van der Waals surface area contributed by atoms with E-state index in [1.807, 2.05) is 5.38 Å². The van der Waals surface area contributed by atoms with Crippen LogP contribution >= 0.6 is 24.0 Å². The average Bonchev–Trinajstić information content (AvgIpc) is 3.56. The number of thiazole rings is 1. The van der Waals surface area contributed by atoms with E-state index in [0.717, 1.165) is 0 Å². The van der Waals surface area contributed by atoms with Crippen molar-refractivity contribution in [2.75, 3.05) is 6.54 Å². The number of non-ortho nitro benzene ring substituents is 2. The monoisotopic (exact) mass is 573 g/mol. The van der Waals surface area contributed by atoms with Crippen molar-refractivity contribution in [3.8, 4) is 0 Å². The lowest BCUT2D eigenvalue weighted by atomic mass is 10.2. The van der Waals surface area contributed by atoms with E-state index in [-0.39, 0.29) is 42.4 Å². The number of ether oxygens (including phenoxy) is 2. The maximum Gasteiger partial charge on any atom is 0.410 e. The number of nitrogens with zero attached hydrogens (tertiary/aromatic N) is 4. The van der Waals surface area contributed by atoms with Gasteiger partial charge in [-0.3, -0.25) is 25.1 Å². The van der Waals surface area contributed by atoms with Gasteiger partial charge >= 0.3 is 12.2 Å². The Hall–Kier alpha value is -4.24. The van der Waals surface area contributed by atoms with Gasteiger partial charge in [0, 0.05) is 41.4 Å². The van der Waals surface area contributed by atoms with Crippen LogP contribution in [0.1, 0.15) is 34.3 Å². The molecule has 1 aromatic heterocycles. The van der Waals surface area contributed by atoms with E-state index < -0.39 is 22.0 Å². The molecular weight excluding hydrogens is 550 g/mol. The van der Waals surface area contributed by atoms with Crippen molar-refractivity contribution in [1.29, 1.82) is 0 Å². The number of amides is 2. The van der Waals surface area contributed by atoms with Gasteiger partial charge in [0.15, 0.2) is 0 Å². The molecule has 204 valence electrons. The summed E-state index contributed by atoms with van der Waals surface area (Å²) in [5.41, 5.74) is 1.78. The SMILES string of the molecule is O=C(NCc1nc([C@@H]2C[C@H](S)CN2C(=O)OCc2ccc([N+](=O)[O-])cc2)cs1)OCc1ccc([N+](=O)[O-])cc1. The van der Waals surface area contributed by atoms with Crippen molar-refractivity contribution in [2.45, 2.75) is 37.5 Å². The third kappa shape index (κ3) is 7.42. The quantitative estimate of drug-likeness (QED) is 0.208. The van der Waals surface area contributed by atoms with Crippen LogP contribution in [-0.4, -0.2) is 43.7 Å². The molecule has 0 unspecified atom stereocenters. The Morgan fingerprint density at radius 1 is 1.00 bits per heavy atom. The molecule has 0 saturated carbocycles. The lowest BCUT2D eigenvalue weighted by Gasteiger charge is -2.22. The minimum atomic E-state index is -0.669. The van der Waals surface area contributed by atoms with Gasteiger partial charge in [0.1, 0.15) is 18.2 Å². The lowest BCUT2D eigenvalue weighted by Crippen LogP contribution is -2.32. The van der Waals surface area contributed by atoms with Gasteiger partial charge in [-0.2, -0.15) is 12.6 Å². The summed E-state index contributed by atoms with van der Waals surface area (Å²) in [6, 6.07) is 11.1. The van der Waals surface area contributed by atoms with Crippen LogP contribution in [0.15, 0.2) is 53.9 Å². The Morgan fingerprint density at radius 3 is 2.13 bits per heavy atom. The van der Waals surface area contributed by atoms with Crippen LogP contribution in [0.3, 0.4) is 0 Å². The number of carbonyl (C=O) groups is 2. The van der Waals surface area contributed by atoms with Gasteiger partial charge in [-0.15, -0.1) is 11.3 Å². The second-order valence-corrected chi connectivity index (χ2v) is 10.2. The van der Waals surface area contributed by atoms with Crippen molar-refractivity contribution >= 4 is 47.5 Å². The highest BCUT2D eigenvalue weighted by Gasteiger charge is 2.37. The van der Waals surface area contributed by atoms with Crippen molar-refractivity contribution < 1.29 is 28.9 Å². The van der Waals surface area contributed by atoms with E-state index in [1.54, 1.807) is 4.90 Å². The fourth-order valence-corrected chi connectivity index (χ4v) is 5.01. The summed E-state index contributed by atoms with van der Waals surface area (Å²) in [5, 5.41) is 26.5. The number of carbonyl (C=O) groups excluding carboxylic acids is 2. The zero-order valence-corrected chi connectivity index (χ0v) is 22.0. The first-order valence-electron chi connectivity index (χ1n) is 11.6. The third-order valence-corrected chi connectivity index (χ3v) is 7.08. The normalized spacial score (nSPS) is 16.5. The molecule has 1 fully saturated rings. The number of hydrogen-bond donors (Lipinski definition) is 2. The molecule has 1 aliphatic heterocycles. The number of benzene rings is 2. The summed E-state index contributed by atoms with van der Waals surface area (Å²) in [5.74, 6) is 0. The van der Waals surface area contributed by atoms with Gasteiger partial charge in [0.2, 0.25) is 0 Å². The Labute approximate surface area is 231 Å². The first kappa shape index (κ1) is 27.8. The van der Waals surface area contributed by atoms with Gasteiger partial charge in [-0.1, -0.05) is 0 Å². The van der Waals surface area contributed by atoms with E-state index in [9.17, 15) is 29.8 Å². The number of thiol groups is 1. The topological polar surface area (TPSA) is 167 Å². The van der Waals surface area contributed by atoms with Gasteiger partial charge in [0.25, 0.3) is 11.4 Å². The molecule has 0 bridgehead atoms. The average molecular weight is 574 g/mol. The summed E-state index contributed by atoms with van der Waals surface area (Å²) in [4.78, 5) is 51.5. The second-order valence-electron chi connectivity index (χ2n) is 8.56. The molecule has 4 rings (SSSR count). The molecule has 1 aliphatic rings. The molecule has 2 amide bonds. The van der Waals surface area contributed by atoms with E-state index in [1.165, 1.54) is 59.9 Å². The zero-order chi connectivity index (χ0) is 27.9. The zero-order valence-electron chi connectivity index (χ0n) is 20.3. The number of likely N-dealkylation sites (tertiary alicyclic amines) is 1. The van der Waals surface area contributed by atoms with Crippen LogP contribution in [0, 0.1) is 20.2 Å². The molecule has 0 radical (unpaired) electrons. The van der Waals surface area contributed by atoms with Crippen molar-refractivity contribution in [3.63, 3.8) is 0 Å². The minimum Gasteiger partial charge on any atom is -0.445 e. The van der Waals surface area contributed by atoms with Crippen molar-refractivity contribution in [3.05, 3.63) is 96.0 Å². The number of nitrogens with one attached hydrogen (secondary N) is 1. The fourth-order valence-electron chi connectivity index (χ4n) is 3.86. The molecule has 2 atom stereocenters. The van der Waals surface area contributed by atoms with Crippen molar-refractivity contribution in [2.24, 2.45) is 0 Å². The fraction of sp³-hybridized carbons (Fsp3) is 0.292. The number of nitro groups is 2. The largest absolute Gasteiger partial charge is 0.445 e. The van der Waals surface area contributed by atoms with Crippen LogP contribution in [0.5, 0.6) is 0 Å². The molecule has 1 saturated heterocycles. The minimum absolute atomic E-state index is 0.0362. The van der Waals surface area contributed by atoms with Gasteiger partial charge < -0.3 is 14.8 Å². The second kappa shape index (κ2) is 12.5. The van der Waals surface area contributed by atoms with Gasteiger partial charge in [-0.05, 0) is 41.8 Å². The first-order chi connectivity index (χ1) is 18.7. The van der Waals surface area contributed by atoms with Gasteiger partial charge in [0.05, 0.1) is 28.1 Å². The van der Waals surface area contributed by atoms with Crippen LogP contribution < -0.4 is 5.32 Å². The summed E-state index contributed by atoms with van der Waals surface area (Å²) >= 11 is 5.85. The first-order valence-corrected chi connectivity index (χ1v) is 13.0. The highest BCUT2D eigenvalue weighted by molar-refractivity contribution is 7.81. The number of nitro benzene ring substituents is 2. The molecule has 39 heavy (non-hydrogen) atoms. The van der Waals surface area contributed by atoms with Crippen LogP contribution in [0.25, 0.3) is 0 Å². The molecule has 0 spiro atoms. The Bertz CT molecular complexity index is 1350. The highest BCUT2D eigenvalue weighted by atomic mass is 32.1. The van der Waals surface area contributed by atoms with Crippen LogP contribution in [0.2, 0.25) is 0 Å². The summed E-state index contributed by atoms with van der Waals surface area (Å²) in [6.07, 6.45) is -0.640. The van der Waals surface area contributed by atoms with Crippen LogP contribution in [-0.2, 0) is 29.2 Å². The van der Waals surface area contributed by atoms with E-state index in [0.29, 0.717) is 34.8 Å². The molecule has 3 aromatic rings.